The van der Waals surface area contributed by atoms with Gasteiger partial charge in [-0.2, -0.15) is 0 Å². The predicted octanol–water partition coefficient (Wildman–Crippen LogP) is 4.27. The van der Waals surface area contributed by atoms with E-state index in [1.165, 1.54) is 10.6 Å². The fraction of sp³-hybridized carbons (Fsp3) is 0.233. The van der Waals surface area contributed by atoms with Crippen LogP contribution in [0.5, 0.6) is 5.75 Å². The van der Waals surface area contributed by atoms with E-state index in [9.17, 15) is 19.7 Å². The van der Waals surface area contributed by atoms with Gasteiger partial charge in [0.2, 0.25) is 0 Å². The van der Waals surface area contributed by atoms with Gasteiger partial charge in [0.25, 0.3) is 11.2 Å². The van der Waals surface area contributed by atoms with Crippen LogP contribution in [-0.2, 0) is 9.53 Å². The van der Waals surface area contributed by atoms with E-state index in [1.807, 2.05) is 19.9 Å². The molecule has 0 fully saturated rings. The Morgan fingerprint density at radius 2 is 1.81 bits per heavy atom. The molecule has 220 valence electrons. The van der Waals surface area contributed by atoms with Crippen molar-refractivity contribution in [2.75, 3.05) is 13.7 Å². The van der Waals surface area contributed by atoms with Gasteiger partial charge in [-0.1, -0.05) is 29.5 Å². The van der Waals surface area contributed by atoms with Crippen LogP contribution in [0.4, 0.5) is 5.69 Å². The zero-order valence-corrected chi connectivity index (χ0v) is 25.6. The molecule has 0 unspecified atom stereocenters. The minimum absolute atomic E-state index is 0.133. The number of ether oxygens (including phenoxy) is 2. The minimum Gasteiger partial charge on any atom is -0.497 e. The highest BCUT2D eigenvalue weighted by Crippen LogP contribution is 2.34. The molecule has 13 heteroatoms. The van der Waals surface area contributed by atoms with Crippen molar-refractivity contribution in [2.24, 2.45) is 4.99 Å². The summed E-state index contributed by atoms with van der Waals surface area (Å²) in [7, 11) is 1.55. The number of allylic oxidation sites excluding steroid dienone is 1. The third-order valence-electron chi connectivity index (χ3n) is 6.59. The largest absolute Gasteiger partial charge is 0.497 e. The highest BCUT2D eigenvalue weighted by Gasteiger charge is 2.33. The Bertz CT molecular complexity index is 1940. The third kappa shape index (κ3) is 6.13. The van der Waals surface area contributed by atoms with E-state index >= 15 is 0 Å². The first kappa shape index (κ1) is 29.9. The van der Waals surface area contributed by atoms with Crippen molar-refractivity contribution in [3.05, 3.63) is 112 Å². The number of aryl methyl sites for hydroxylation is 2. The lowest BCUT2D eigenvalue weighted by atomic mass is 9.96. The van der Waals surface area contributed by atoms with E-state index in [4.69, 9.17) is 9.47 Å². The molecule has 5 rings (SSSR count). The lowest BCUT2D eigenvalue weighted by Crippen LogP contribution is -2.39. The Balaban J connectivity index is 1.61. The zero-order chi connectivity index (χ0) is 30.8. The van der Waals surface area contributed by atoms with Crippen molar-refractivity contribution >= 4 is 40.8 Å². The van der Waals surface area contributed by atoms with Crippen LogP contribution < -0.4 is 19.6 Å². The van der Waals surface area contributed by atoms with Gasteiger partial charge in [-0.25, -0.2) is 19.8 Å². The van der Waals surface area contributed by atoms with E-state index in [0.717, 1.165) is 34.5 Å². The van der Waals surface area contributed by atoms with Crippen LogP contribution in [0.15, 0.2) is 79.6 Å². The maximum atomic E-state index is 13.9. The Morgan fingerprint density at radius 1 is 1.12 bits per heavy atom. The standard InChI is InChI=1S/C30H27N5O6S2/c1-6-41-28(37)25-18(4)33-30-34(26(25)20-8-10-21(40-5)11-9-20)27(36)24(43-30)15-19-7-12-23(22(14-19)35(38)39)42-29-31-16(2)13-17(3)32-29/h7-15,26H,6H2,1-5H3/b24-15+/t26-/m0/s1. The maximum absolute atomic E-state index is 13.9. The number of hydrogen-bond donors (Lipinski definition) is 0. The normalized spacial score (nSPS) is 14.7. The first-order valence-corrected chi connectivity index (χ1v) is 14.8. The van der Waals surface area contributed by atoms with Gasteiger partial charge < -0.3 is 9.47 Å². The number of aromatic nitrogens is 3. The molecule has 1 atom stereocenters. The fourth-order valence-corrected chi connectivity index (χ4v) is 6.73. The van der Waals surface area contributed by atoms with E-state index in [1.54, 1.807) is 63.4 Å². The van der Waals surface area contributed by atoms with Gasteiger partial charge in [0.1, 0.15) is 5.75 Å². The van der Waals surface area contributed by atoms with E-state index < -0.39 is 16.9 Å². The Morgan fingerprint density at radius 3 is 2.44 bits per heavy atom. The topological polar surface area (TPSA) is 139 Å². The van der Waals surface area contributed by atoms with Gasteiger partial charge >= 0.3 is 5.97 Å². The van der Waals surface area contributed by atoms with Crippen LogP contribution in [0.2, 0.25) is 0 Å². The van der Waals surface area contributed by atoms with Gasteiger partial charge in [-0.05, 0) is 80.9 Å². The summed E-state index contributed by atoms with van der Waals surface area (Å²) in [6, 6.07) is 12.9. The molecule has 0 saturated heterocycles. The molecule has 0 bridgehead atoms. The molecule has 43 heavy (non-hydrogen) atoms. The molecule has 0 N–H and O–H groups in total. The number of esters is 1. The summed E-state index contributed by atoms with van der Waals surface area (Å²) in [5.41, 5.74) is 2.85. The second-order valence-corrected chi connectivity index (χ2v) is 11.6. The highest BCUT2D eigenvalue weighted by molar-refractivity contribution is 7.99. The van der Waals surface area contributed by atoms with Crippen molar-refractivity contribution in [3.8, 4) is 5.75 Å². The maximum Gasteiger partial charge on any atom is 0.338 e. The molecule has 0 amide bonds. The minimum atomic E-state index is -0.783. The number of nitro groups is 1. The van der Waals surface area contributed by atoms with E-state index in [0.29, 0.717) is 42.0 Å². The number of nitrogens with zero attached hydrogens (tertiary/aromatic N) is 5. The molecule has 3 heterocycles. The highest BCUT2D eigenvalue weighted by atomic mass is 32.2. The first-order valence-electron chi connectivity index (χ1n) is 13.2. The fourth-order valence-electron chi connectivity index (χ4n) is 4.74. The van der Waals surface area contributed by atoms with Crippen LogP contribution in [0.1, 0.15) is 42.4 Å². The van der Waals surface area contributed by atoms with Crippen LogP contribution in [0, 0.1) is 24.0 Å². The number of carbonyl (C=O) groups is 1. The molecule has 2 aromatic carbocycles. The number of hydrogen-bond acceptors (Lipinski definition) is 11. The smallest absolute Gasteiger partial charge is 0.338 e. The number of thiazole rings is 1. The van der Waals surface area contributed by atoms with Crippen LogP contribution in [0.25, 0.3) is 6.08 Å². The predicted molar refractivity (Wildman–Crippen MR) is 162 cm³/mol. The second kappa shape index (κ2) is 12.3. The molecule has 0 spiro atoms. The number of benzene rings is 2. The quantitative estimate of drug-likeness (QED) is 0.123. The first-order chi connectivity index (χ1) is 20.6. The summed E-state index contributed by atoms with van der Waals surface area (Å²) in [6.07, 6.45) is 1.59. The molecule has 0 radical (unpaired) electrons. The zero-order valence-electron chi connectivity index (χ0n) is 24.0. The number of methoxy groups -OCH3 is 1. The molecule has 0 aliphatic carbocycles. The number of nitro benzene ring substituents is 1. The summed E-state index contributed by atoms with van der Waals surface area (Å²) in [5.74, 6) is 0.0668. The van der Waals surface area contributed by atoms with Crippen molar-refractivity contribution in [2.45, 2.75) is 43.8 Å². The number of rotatable bonds is 8. The van der Waals surface area contributed by atoms with Crippen molar-refractivity contribution in [3.63, 3.8) is 0 Å². The number of fused-ring (bicyclic) bond motifs is 1. The average Bonchev–Trinajstić information content (AvgIpc) is 3.26. The average molecular weight is 618 g/mol. The van der Waals surface area contributed by atoms with Gasteiger partial charge in [-0.15, -0.1) is 0 Å². The Hall–Kier alpha value is -4.62. The van der Waals surface area contributed by atoms with Crippen LogP contribution in [0.3, 0.4) is 0 Å². The molecular formula is C30H27N5O6S2. The second-order valence-electron chi connectivity index (χ2n) is 9.60. The van der Waals surface area contributed by atoms with Gasteiger partial charge in [-0.3, -0.25) is 19.5 Å². The summed E-state index contributed by atoms with van der Waals surface area (Å²) < 4.78 is 12.4. The molecule has 0 saturated carbocycles. The SMILES string of the molecule is CCOC(=O)C1=C(C)N=c2s/c(=C/c3ccc(Sc4nc(C)cc(C)n4)c([N+](=O)[O-])c3)c(=O)n2[C@H]1c1ccc(OC)cc1. The van der Waals surface area contributed by atoms with Crippen molar-refractivity contribution in [1.82, 2.24) is 14.5 Å². The molecule has 1 aliphatic rings. The molecular weight excluding hydrogens is 590 g/mol. The lowest BCUT2D eigenvalue weighted by molar-refractivity contribution is -0.387. The van der Waals surface area contributed by atoms with Gasteiger partial charge in [0.05, 0.1) is 45.4 Å². The van der Waals surface area contributed by atoms with Gasteiger partial charge in [0.15, 0.2) is 9.96 Å². The third-order valence-corrected chi connectivity index (χ3v) is 8.50. The monoisotopic (exact) mass is 617 g/mol. The summed E-state index contributed by atoms with van der Waals surface area (Å²) in [5, 5.41) is 12.4. The van der Waals surface area contributed by atoms with Gasteiger partial charge in [0, 0.05) is 17.5 Å². The molecule has 2 aromatic heterocycles. The summed E-state index contributed by atoms with van der Waals surface area (Å²) in [6.45, 7) is 7.26. The van der Waals surface area contributed by atoms with Crippen LogP contribution >= 0.6 is 23.1 Å². The van der Waals surface area contributed by atoms with E-state index in [2.05, 4.69) is 15.0 Å². The van der Waals surface area contributed by atoms with Crippen LogP contribution in [-0.4, -0.2) is 39.1 Å². The number of carbonyl (C=O) groups excluding carboxylic acids is 1. The van der Waals surface area contributed by atoms with Crippen molar-refractivity contribution in [1.29, 1.82) is 0 Å². The lowest BCUT2D eigenvalue weighted by Gasteiger charge is -2.24. The Kier molecular flexibility index (Phi) is 8.55. The Labute approximate surface area is 254 Å². The van der Waals surface area contributed by atoms with Crippen molar-refractivity contribution < 1.29 is 19.2 Å². The summed E-state index contributed by atoms with van der Waals surface area (Å²) in [4.78, 5) is 52.6. The summed E-state index contributed by atoms with van der Waals surface area (Å²) >= 11 is 2.24. The van der Waals surface area contributed by atoms with E-state index in [-0.39, 0.29) is 23.4 Å². The molecule has 1 aliphatic heterocycles. The molecule has 4 aromatic rings. The molecule has 11 nitrogen and oxygen atoms in total.